The van der Waals surface area contributed by atoms with Crippen LogP contribution in [0, 0.1) is 5.25 Å². The third-order valence-electron chi connectivity index (χ3n) is 1.10. The molecule has 0 aliphatic rings. The minimum atomic E-state index is 1.03. The Morgan fingerprint density at radius 1 is 1.44 bits per heavy atom. The molecule has 1 rings (SSSR count). The van der Waals surface area contributed by atoms with E-state index < -0.39 is 0 Å². The van der Waals surface area contributed by atoms with E-state index in [-0.39, 0.29) is 0 Å². The number of rotatable bonds is 1. The van der Waals surface area contributed by atoms with Gasteiger partial charge in [0.15, 0.2) is 0 Å². The van der Waals surface area contributed by atoms with Gasteiger partial charge in [-0.05, 0) is 24.6 Å². The molecule has 0 spiro atoms. The predicted molar refractivity (Wildman–Crippen MR) is 41.2 cm³/mol. The first-order valence-electron chi connectivity index (χ1n) is 2.73. The molecular weight excluding hydrogens is 130 g/mol. The fraction of sp³-hybridized carbons (Fsp3) is 0.143. The van der Waals surface area contributed by atoms with E-state index >= 15 is 0 Å². The lowest BCUT2D eigenvalue weighted by molar-refractivity contribution is 1.27. The molecule has 0 amide bonds. The summed E-state index contributed by atoms with van der Waals surface area (Å²) in [6.45, 7) is 1.96. The van der Waals surface area contributed by atoms with Crippen molar-refractivity contribution in [2.75, 3.05) is 0 Å². The van der Waals surface area contributed by atoms with Crippen LogP contribution in [0.4, 0.5) is 0 Å². The fourth-order valence-corrected chi connectivity index (χ4v) is 0.742. The molecule has 0 aliphatic heterocycles. The van der Waals surface area contributed by atoms with Crippen LogP contribution in [0.5, 0.6) is 0 Å². The van der Waals surface area contributed by atoms with Gasteiger partial charge in [0.1, 0.15) is 0 Å². The average Bonchev–Trinajstić information content (AvgIpc) is 1.90. The van der Waals surface area contributed by atoms with Crippen LogP contribution in [0.15, 0.2) is 24.5 Å². The number of aromatic nitrogens is 1. The molecule has 0 saturated carbocycles. The van der Waals surface area contributed by atoms with Gasteiger partial charge in [-0.15, -0.1) is 0 Å². The molecule has 9 heavy (non-hydrogen) atoms. The van der Waals surface area contributed by atoms with Crippen LogP contribution in [-0.2, 0) is 0 Å². The number of hydrogen-bond donors (Lipinski definition) is 1. The van der Waals surface area contributed by atoms with Gasteiger partial charge in [0.25, 0.3) is 0 Å². The van der Waals surface area contributed by atoms with E-state index in [9.17, 15) is 0 Å². The molecule has 0 saturated heterocycles. The molecule has 1 heterocycles. The number of nitrogens with zero attached hydrogens (tertiary/aromatic N) is 1. The zero-order chi connectivity index (χ0) is 6.69. The second-order valence-corrected chi connectivity index (χ2v) is 2.49. The van der Waals surface area contributed by atoms with Crippen molar-refractivity contribution in [3.63, 3.8) is 0 Å². The van der Waals surface area contributed by atoms with Crippen molar-refractivity contribution in [2.45, 2.75) is 6.92 Å². The maximum Gasteiger partial charge on any atom is 0.0533 e. The molecule has 47 valence electrons. The van der Waals surface area contributed by atoms with E-state index in [2.05, 4.69) is 17.6 Å². The van der Waals surface area contributed by atoms with Gasteiger partial charge < -0.3 is 0 Å². The second kappa shape index (κ2) is 2.87. The fourth-order valence-electron chi connectivity index (χ4n) is 0.593. The van der Waals surface area contributed by atoms with Crippen LogP contribution in [0.3, 0.4) is 0 Å². The Labute approximate surface area is 60.5 Å². The van der Waals surface area contributed by atoms with Gasteiger partial charge >= 0.3 is 0 Å². The summed E-state index contributed by atoms with van der Waals surface area (Å²) in [7, 11) is 0. The second-order valence-electron chi connectivity index (χ2n) is 1.82. The number of hydrogen-bond acceptors (Lipinski definition) is 2. The van der Waals surface area contributed by atoms with E-state index in [1.165, 1.54) is 0 Å². The van der Waals surface area contributed by atoms with E-state index in [1.807, 2.05) is 19.1 Å². The highest BCUT2D eigenvalue weighted by Gasteiger charge is 1.96. The Hall–Kier alpha value is -0.500. The van der Waals surface area contributed by atoms with Gasteiger partial charge in [-0.3, -0.25) is 4.98 Å². The van der Waals surface area contributed by atoms with Crippen molar-refractivity contribution < 1.29 is 0 Å². The highest BCUT2D eigenvalue weighted by molar-refractivity contribution is 7.83. The molecule has 0 N–H and O–H groups in total. The normalized spacial score (nSPS) is 10.1. The molecule has 0 bridgehead atoms. The molecule has 2 heteroatoms. The molecule has 0 aromatic carbocycles. The van der Waals surface area contributed by atoms with Crippen LogP contribution in [0.2, 0.25) is 0 Å². The molecule has 0 fully saturated rings. The van der Waals surface area contributed by atoms with Gasteiger partial charge in [0, 0.05) is 12.4 Å². The SMILES string of the molecule is C[C](S)c1ccncc1. The molecule has 0 unspecified atom stereocenters. The Morgan fingerprint density at radius 2 is 2.00 bits per heavy atom. The van der Waals surface area contributed by atoms with Crippen molar-refractivity contribution in [1.29, 1.82) is 0 Å². The number of thiol groups is 1. The van der Waals surface area contributed by atoms with Gasteiger partial charge in [0.2, 0.25) is 0 Å². The maximum atomic E-state index is 4.18. The largest absolute Gasteiger partial charge is 0.265 e. The van der Waals surface area contributed by atoms with Crippen molar-refractivity contribution in [3.05, 3.63) is 35.3 Å². The molecule has 1 aromatic heterocycles. The zero-order valence-electron chi connectivity index (χ0n) is 5.20. The van der Waals surface area contributed by atoms with Gasteiger partial charge in [-0.1, -0.05) is 0 Å². The Morgan fingerprint density at radius 3 is 2.33 bits per heavy atom. The molecule has 1 aromatic rings. The summed E-state index contributed by atoms with van der Waals surface area (Å²) in [6, 6.07) is 3.87. The van der Waals surface area contributed by atoms with Crippen LogP contribution >= 0.6 is 12.6 Å². The van der Waals surface area contributed by atoms with Crippen molar-refractivity contribution >= 4 is 12.6 Å². The minimum Gasteiger partial charge on any atom is -0.265 e. The van der Waals surface area contributed by atoms with E-state index in [0.717, 1.165) is 10.8 Å². The Balaban J connectivity index is 2.85. The summed E-state index contributed by atoms with van der Waals surface area (Å²) >= 11 is 4.18. The first-order chi connectivity index (χ1) is 4.30. The van der Waals surface area contributed by atoms with Crippen molar-refractivity contribution in [1.82, 2.24) is 4.98 Å². The highest BCUT2D eigenvalue weighted by atomic mass is 32.1. The van der Waals surface area contributed by atoms with Crippen molar-refractivity contribution in [2.24, 2.45) is 0 Å². The predicted octanol–water partition coefficient (Wildman–Crippen LogP) is 1.91. The Bertz CT molecular complexity index is 172. The highest BCUT2D eigenvalue weighted by Crippen LogP contribution is 2.14. The summed E-state index contributed by atoms with van der Waals surface area (Å²) in [5.74, 6) is 0. The van der Waals surface area contributed by atoms with Gasteiger partial charge in [-0.25, -0.2) is 0 Å². The van der Waals surface area contributed by atoms with Crippen LogP contribution in [0.1, 0.15) is 12.5 Å². The maximum absolute atomic E-state index is 4.18. The van der Waals surface area contributed by atoms with E-state index in [1.54, 1.807) is 12.4 Å². The minimum absolute atomic E-state index is 1.03. The molecule has 1 nitrogen and oxygen atoms in total. The lowest BCUT2D eigenvalue weighted by Gasteiger charge is -1.99. The lowest BCUT2D eigenvalue weighted by atomic mass is 10.2. The zero-order valence-corrected chi connectivity index (χ0v) is 6.10. The standard InChI is InChI=1S/C7H8NS/c1-6(9)7-2-4-8-5-3-7/h2-5,9H,1H3. The molecule has 1 radical (unpaired) electrons. The summed E-state index contributed by atoms with van der Waals surface area (Å²) < 4.78 is 0. The third-order valence-corrected chi connectivity index (χ3v) is 1.36. The van der Waals surface area contributed by atoms with Crippen LogP contribution in [0.25, 0.3) is 0 Å². The Kier molecular flexibility index (Phi) is 2.11. The first kappa shape index (κ1) is 6.62. The average molecular weight is 138 g/mol. The summed E-state index contributed by atoms with van der Waals surface area (Å²) in [5.41, 5.74) is 1.13. The topological polar surface area (TPSA) is 12.9 Å². The van der Waals surface area contributed by atoms with Gasteiger partial charge in [-0.2, -0.15) is 12.6 Å². The monoisotopic (exact) mass is 138 g/mol. The van der Waals surface area contributed by atoms with Gasteiger partial charge in [0.05, 0.1) is 5.25 Å². The molecule has 0 aliphatic carbocycles. The lowest BCUT2D eigenvalue weighted by Crippen LogP contribution is -1.83. The van der Waals surface area contributed by atoms with Crippen LogP contribution in [-0.4, -0.2) is 4.98 Å². The summed E-state index contributed by atoms with van der Waals surface area (Å²) in [5, 5.41) is 1.03. The van der Waals surface area contributed by atoms with Crippen molar-refractivity contribution in [3.8, 4) is 0 Å². The number of pyridine rings is 1. The van der Waals surface area contributed by atoms with E-state index in [4.69, 9.17) is 0 Å². The molecular formula is C7H8NS. The van der Waals surface area contributed by atoms with E-state index in [0.29, 0.717) is 0 Å². The quantitative estimate of drug-likeness (QED) is 0.585. The third kappa shape index (κ3) is 1.72. The summed E-state index contributed by atoms with van der Waals surface area (Å²) in [4.78, 5) is 3.88. The first-order valence-corrected chi connectivity index (χ1v) is 3.18. The molecule has 0 atom stereocenters. The van der Waals surface area contributed by atoms with Crippen LogP contribution < -0.4 is 0 Å². The smallest absolute Gasteiger partial charge is 0.0533 e. The summed E-state index contributed by atoms with van der Waals surface area (Å²) in [6.07, 6.45) is 3.52.